The minimum absolute atomic E-state index is 0.0800. The van der Waals surface area contributed by atoms with Crippen molar-refractivity contribution in [1.82, 2.24) is 0 Å². The number of halogens is 1. The number of anilines is 3. The molecule has 0 bridgehead atoms. The Labute approximate surface area is 203 Å². The van der Waals surface area contributed by atoms with Gasteiger partial charge in [-0.2, -0.15) is 0 Å². The van der Waals surface area contributed by atoms with Crippen LogP contribution in [0.5, 0.6) is 0 Å². The molecule has 34 heavy (non-hydrogen) atoms. The Morgan fingerprint density at radius 3 is 2.53 bits per heavy atom. The fourth-order valence-corrected chi connectivity index (χ4v) is 6.09. The van der Waals surface area contributed by atoms with Gasteiger partial charge >= 0.3 is 0 Å². The number of fused-ring (bicyclic) bond motifs is 1. The smallest absolute Gasteiger partial charge is 0.264 e. The molecule has 0 unspecified atom stereocenters. The largest absolute Gasteiger partial charge is 0.378 e. The molecule has 0 radical (unpaired) electrons. The summed E-state index contributed by atoms with van der Waals surface area (Å²) in [5.74, 6) is -0.407. The van der Waals surface area contributed by atoms with Crippen molar-refractivity contribution in [3.05, 3.63) is 82.9 Å². The number of nitrogens with zero attached hydrogens (tertiary/aromatic N) is 2. The molecule has 0 aliphatic carbocycles. The minimum atomic E-state index is -3.80. The second kappa shape index (κ2) is 9.29. The summed E-state index contributed by atoms with van der Waals surface area (Å²) in [6.45, 7) is 3.00. The van der Waals surface area contributed by atoms with Gasteiger partial charge in [0.25, 0.3) is 15.9 Å². The molecule has 1 fully saturated rings. The Bertz CT molecular complexity index is 1340. The van der Waals surface area contributed by atoms with E-state index in [-0.39, 0.29) is 10.5 Å². The summed E-state index contributed by atoms with van der Waals surface area (Å²) in [5, 5.41) is 3.41. The predicted octanol–water partition coefficient (Wildman–Crippen LogP) is 4.18. The number of nitrogens with one attached hydrogen (secondary N) is 1. The summed E-state index contributed by atoms with van der Waals surface area (Å²) in [4.78, 5) is 15.4. The number of amides is 1. The molecule has 0 atom stereocenters. The van der Waals surface area contributed by atoms with E-state index in [0.29, 0.717) is 55.7 Å². The average Bonchev–Trinajstić information content (AvgIpc) is 3.30. The lowest BCUT2D eigenvalue weighted by Crippen LogP contribution is -2.36. The van der Waals surface area contributed by atoms with Crippen LogP contribution in [0, 0.1) is 0 Å². The molecule has 1 saturated heterocycles. The molecule has 9 heteroatoms. The topological polar surface area (TPSA) is 79.0 Å². The van der Waals surface area contributed by atoms with E-state index in [0.717, 1.165) is 11.3 Å². The van der Waals surface area contributed by atoms with E-state index in [4.69, 9.17) is 16.3 Å². The molecule has 176 valence electrons. The van der Waals surface area contributed by atoms with E-state index in [9.17, 15) is 13.2 Å². The normalized spacial score (nSPS) is 15.8. The maximum Gasteiger partial charge on any atom is 0.264 e. The van der Waals surface area contributed by atoms with Gasteiger partial charge in [-0.1, -0.05) is 35.9 Å². The lowest BCUT2D eigenvalue weighted by atomic mass is 10.2. The molecule has 0 saturated carbocycles. The average molecular weight is 498 g/mol. The number of carbonyl (C=O) groups is 1. The molecule has 7 nitrogen and oxygen atoms in total. The highest BCUT2D eigenvalue weighted by Crippen LogP contribution is 2.33. The number of morpholine rings is 1. The van der Waals surface area contributed by atoms with Gasteiger partial charge in [-0.3, -0.25) is 9.10 Å². The first-order chi connectivity index (χ1) is 16.4. The van der Waals surface area contributed by atoms with Crippen LogP contribution >= 0.6 is 11.6 Å². The molecule has 2 heterocycles. The van der Waals surface area contributed by atoms with Crippen molar-refractivity contribution in [2.75, 3.05) is 47.4 Å². The fraction of sp³-hybridized carbons (Fsp3) is 0.240. The van der Waals surface area contributed by atoms with E-state index in [2.05, 4.69) is 10.2 Å². The van der Waals surface area contributed by atoms with Crippen LogP contribution in [0.4, 0.5) is 17.1 Å². The molecular formula is C25H24ClN3O4S. The van der Waals surface area contributed by atoms with Crippen molar-refractivity contribution in [3.8, 4) is 0 Å². The van der Waals surface area contributed by atoms with E-state index in [1.807, 2.05) is 30.3 Å². The quantitative estimate of drug-likeness (QED) is 0.572. The second-order valence-electron chi connectivity index (χ2n) is 8.20. The van der Waals surface area contributed by atoms with Gasteiger partial charge in [0.05, 0.1) is 35.2 Å². The monoisotopic (exact) mass is 497 g/mol. The van der Waals surface area contributed by atoms with Gasteiger partial charge in [-0.25, -0.2) is 8.42 Å². The number of carbonyl (C=O) groups excluding carboxylic acids is 1. The van der Waals surface area contributed by atoms with Gasteiger partial charge in [0.2, 0.25) is 0 Å². The Balaban J connectivity index is 1.41. The van der Waals surface area contributed by atoms with E-state index < -0.39 is 15.9 Å². The van der Waals surface area contributed by atoms with Gasteiger partial charge in [-0.15, -0.1) is 0 Å². The van der Waals surface area contributed by atoms with Crippen molar-refractivity contribution in [2.24, 2.45) is 0 Å². The highest BCUT2D eigenvalue weighted by molar-refractivity contribution is 7.92. The first-order valence-corrected chi connectivity index (χ1v) is 12.9. The summed E-state index contributed by atoms with van der Waals surface area (Å²) in [6.07, 6.45) is 0.661. The van der Waals surface area contributed by atoms with Crippen molar-refractivity contribution in [1.29, 1.82) is 0 Å². The third kappa shape index (κ3) is 4.36. The van der Waals surface area contributed by atoms with Crippen LogP contribution < -0.4 is 14.5 Å². The number of ether oxygens (including phenoxy) is 1. The van der Waals surface area contributed by atoms with Gasteiger partial charge in [0, 0.05) is 30.2 Å². The SMILES string of the molecule is O=C(Nc1cc(Cl)ccc1N1CCOCC1)c1cccc(S(=O)(=O)N2CCc3ccccc32)c1. The van der Waals surface area contributed by atoms with Crippen LogP contribution in [0.15, 0.2) is 71.6 Å². The van der Waals surface area contributed by atoms with Gasteiger partial charge < -0.3 is 15.0 Å². The minimum Gasteiger partial charge on any atom is -0.378 e. The number of hydrogen-bond donors (Lipinski definition) is 1. The molecule has 3 aromatic carbocycles. The zero-order chi connectivity index (χ0) is 23.7. The summed E-state index contributed by atoms with van der Waals surface area (Å²) in [5.41, 5.74) is 3.35. The molecular weight excluding hydrogens is 474 g/mol. The van der Waals surface area contributed by atoms with Crippen LogP contribution in [-0.4, -0.2) is 47.2 Å². The van der Waals surface area contributed by atoms with Crippen molar-refractivity contribution in [2.45, 2.75) is 11.3 Å². The van der Waals surface area contributed by atoms with Crippen LogP contribution in [0.2, 0.25) is 5.02 Å². The van der Waals surface area contributed by atoms with Gasteiger partial charge in [0.15, 0.2) is 0 Å². The second-order valence-corrected chi connectivity index (χ2v) is 10.5. The Kier molecular flexibility index (Phi) is 6.20. The molecule has 2 aliphatic heterocycles. The van der Waals surface area contributed by atoms with Crippen molar-refractivity contribution >= 4 is 44.6 Å². The maximum absolute atomic E-state index is 13.4. The molecule has 1 N–H and O–H groups in total. The van der Waals surface area contributed by atoms with Crippen LogP contribution in [0.1, 0.15) is 15.9 Å². The number of benzene rings is 3. The van der Waals surface area contributed by atoms with Gasteiger partial charge in [0.1, 0.15) is 0 Å². The standard InChI is InChI=1S/C25H24ClN3O4S/c26-20-8-9-24(28-12-14-33-15-13-28)22(17-20)27-25(30)19-5-3-6-21(16-19)34(31,32)29-11-10-18-4-1-2-7-23(18)29/h1-9,16-17H,10-15H2,(H,27,30). The fourth-order valence-electron chi connectivity index (χ4n) is 4.37. The molecule has 1 amide bonds. The molecule has 0 spiro atoms. The van der Waals surface area contributed by atoms with Crippen LogP contribution in [0.3, 0.4) is 0 Å². The first-order valence-electron chi connectivity index (χ1n) is 11.1. The van der Waals surface area contributed by atoms with Crippen LogP contribution in [-0.2, 0) is 21.2 Å². The highest BCUT2D eigenvalue weighted by Gasteiger charge is 2.31. The van der Waals surface area contributed by atoms with E-state index in [1.54, 1.807) is 24.3 Å². The molecule has 0 aromatic heterocycles. The third-order valence-electron chi connectivity index (χ3n) is 6.09. The number of sulfonamides is 1. The zero-order valence-corrected chi connectivity index (χ0v) is 20.0. The summed E-state index contributed by atoms with van der Waals surface area (Å²) in [6, 6.07) is 19.0. The molecule has 5 rings (SSSR count). The summed E-state index contributed by atoms with van der Waals surface area (Å²) < 4.78 is 33.6. The molecule has 2 aliphatic rings. The predicted molar refractivity (Wildman–Crippen MR) is 134 cm³/mol. The lowest BCUT2D eigenvalue weighted by molar-refractivity contribution is 0.102. The number of hydrogen-bond acceptors (Lipinski definition) is 5. The highest BCUT2D eigenvalue weighted by atomic mass is 35.5. The Hall–Kier alpha value is -3.07. The van der Waals surface area contributed by atoms with Gasteiger partial charge in [-0.05, 0) is 54.4 Å². The van der Waals surface area contributed by atoms with E-state index in [1.165, 1.54) is 16.4 Å². The lowest BCUT2D eigenvalue weighted by Gasteiger charge is -2.30. The first kappa shape index (κ1) is 22.7. The number of para-hydroxylation sites is 1. The van der Waals surface area contributed by atoms with Crippen LogP contribution in [0.25, 0.3) is 0 Å². The Morgan fingerprint density at radius 1 is 0.912 bits per heavy atom. The number of rotatable bonds is 5. The summed E-state index contributed by atoms with van der Waals surface area (Å²) in [7, 11) is -3.80. The Morgan fingerprint density at radius 2 is 1.71 bits per heavy atom. The van der Waals surface area contributed by atoms with Crippen molar-refractivity contribution in [3.63, 3.8) is 0 Å². The third-order valence-corrected chi connectivity index (χ3v) is 8.13. The zero-order valence-electron chi connectivity index (χ0n) is 18.4. The van der Waals surface area contributed by atoms with E-state index >= 15 is 0 Å². The molecule has 3 aromatic rings. The maximum atomic E-state index is 13.4. The van der Waals surface area contributed by atoms with Crippen molar-refractivity contribution < 1.29 is 17.9 Å². The summed E-state index contributed by atoms with van der Waals surface area (Å²) >= 11 is 6.20.